The van der Waals surface area contributed by atoms with E-state index in [0.29, 0.717) is 12.5 Å². The van der Waals surface area contributed by atoms with E-state index >= 15 is 0 Å². The molecule has 128 valence electrons. The molecule has 0 atom stereocenters. The second-order valence-corrected chi connectivity index (χ2v) is 5.51. The molecule has 3 rings (SSSR count). The molecule has 1 fully saturated rings. The number of aliphatic imine (C=N–C) groups is 1. The molecule has 0 unspecified atom stereocenters. The predicted molar refractivity (Wildman–Crippen MR) is 103 cm³/mol. The number of hydrogen-bond donors (Lipinski definition) is 1. The summed E-state index contributed by atoms with van der Waals surface area (Å²) >= 11 is 0. The highest BCUT2D eigenvalue weighted by molar-refractivity contribution is 8.93. The Morgan fingerprint density at radius 2 is 1.92 bits per heavy atom. The molecule has 7 heteroatoms. The lowest BCUT2D eigenvalue weighted by Gasteiger charge is -2.35. The Bertz CT molecular complexity index is 626. The fourth-order valence-corrected chi connectivity index (χ4v) is 2.65. The number of nitrogens with two attached hydrogens (primary N) is 1. The normalized spacial score (nSPS) is 15.1. The fraction of sp³-hybridized carbons (Fsp3) is 0.353. The number of pyridine rings is 2. The molecular formula is C17H23BrN6. The largest absolute Gasteiger partial charge is 0.370 e. The van der Waals surface area contributed by atoms with Gasteiger partial charge in [0.15, 0.2) is 5.96 Å². The molecule has 24 heavy (non-hydrogen) atoms. The molecule has 0 saturated carbocycles. The molecule has 1 saturated heterocycles. The first-order chi connectivity index (χ1) is 11.3. The number of rotatable bonds is 4. The summed E-state index contributed by atoms with van der Waals surface area (Å²) in [6.07, 6.45) is 6.35. The number of hydrogen-bond acceptors (Lipinski definition) is 4. The average Bonchev–Trinajstić information content (AvgIpc) is 2.63. The highest BCUT2D eigenvalue weighted by Gasteiger charge is 2.18. The Morgan fingerprint density at radius 3 is 2.58 bits per heavy atom. The number of nitrogens with zero attached hydrogens (tertiary/aromatic N) is 5. The lowest BCUT2D eigenvalue weighted by Crippen LogP contribution is -2.51. The van der Waals surface area contributed by atoms with Gasteiger partial charge in [-0.3, -0.25) is 9.98 Å². The number of aromatic nitrogens is 2. The van der Waals surface area contributed by atoms with Crippen molar-refractivity contribution in [3.63, 3.8) is 0 Å². The van der Waals surface area contributed by atoms with Gasteiger partial charge in [0.2, 0.25) is 0 Å². The Labute approximate surface area is 153 Å². The zero-order chi connectivity index (χ0) is 15.9. The van der Waals surface area contributed by atoms with E-state index in [9.17, 15) is 0 Å². The number of guanidine groups is 1. The summed E-state index contributed by atoms with van der Waals surface area (Å²) in [5, 5.41) is 0. The molecule has 0 aliphatic carbocycles. The Hall–Kier alpha value is -2.15. The summed E-state index contributed by atoms with van der Waals surface area (Å²) in [5.41, 5.74) is 7.31. The quantitative estimate of drug-likeness (QED) is 0.635. The van der Waals surface area contributed by atoms with Gasteiger partial charge in [-0.05, 0) is 30.2 Å². The van der Waals surface area contributed by atoms with Gasteiger partial charge in [-0.15, -0.1) is 17.0 Å². The van der Waals surface area contributed by atoms with Gasteiger partial charge in [-0.25, -0.2) is 4.98 Å². The molecule has 2 N–H and O–H groups in total. The maximum atomic E-state index is 6.12. The predicted octanol–water partition coefficient (Wildman–Crippen LogP) is 1.73. The number of anilines is 1. The second kappa shape index (κ2) is 9.22. The van der Waals surface area contributed by atoms with E-state index in [0.717, 1.165) is 38.4 Å². The molecule has 0 radical (unpaired) electrons. The summed E-state index contributed by atoms with van der Waals surface area (Å²) in [6.45, 7) is 4.27. The molecule has 6 nitrogen and oxygen atoms in total. The van der Waals surface area contributed by atoms with E-state index in [1.54, 1.807) is 6.20 Å². The molecule has 2 aromatic rings. The number of piperazine rings is 1. The Morgan fingerprint density at radius 1 is 1.08 bits per heavy atom. The smallest absolute Gasteiger partial charge is 0.191 e. The Kier molecular flexibility index (Phi) is 6.99. The molecule has 0 amide bonds. The van der Waals surface area contributed by atoms with Crippen molar-refractivity contribution in [1.82, 2.24) is 14.9 Å². The van der Waals surface area contributed by atoms with Gasteiger partial charge in [0.05, 0.1) is 0 Å². The van der Waals surface area contributed by atoms with E-state index in [1.807, 2.05) is 36.7 Å². The molecule has 0 bridgehead atoms. The third kappa shape index (κ3) is 4.92. The second-order valence-electron chi connectivity index (χ2n) is 5.51. The van der Waals surface area contributed by atoms with Crippen LogP contribution in [0.4, 0.5) is 5.82 Å². The standard InChI is InChI=1S/C17H22N6.BrH/c18-17(21-9-6-15-4-3-7-19-14-15)23-12-10-22(11-13-23)16-5-1-2-8-20-16;/h1-5,7-8,14H,6,9-13H2,(H2,18,21);1H. The van der Waals surface area contributed by atoms with E-state index < -0.39 is 0 Å². The van der Waals surface area contributed by atoms with E-state index in [2.05, 4.69) is 30.8 Å². The summed E-state index contributed by atoms with van der Waals surface area (Å²) in [4.78, 5) is 17.4. The molecular weight excluding hydrogens is 368 g/mol. The van der Waals surface area contributed by atoms with Crippen LogP contribution in [0.15, 0.2) is 53.9 Å². The molecule has 2 aromatic heterocycles. The highest BCUT2D eigenvalue weighted by Crippen LogP contribution is 2.12. The minimum atomic E-state index is 0. The summed E-state index contributed by atoms with van der Waals surface area (Å²) in [5.74, 6) is 1.66. The van der Waals surface area contributed by atoms with Crippen LogP contribution in [-0.2, 0) is 6.42 Å². The zero-order valence-electron chi connectivity index (χ0n) is 13.6. The van der Waals surface area contributed by atoms with Crippen LogP contribution in [0.25, 0.3) is 0 Å². The van der Waals surface area contributed by atoms with Crippen LogP contribution in [0.3, 0.4) is 0 Å². The lowest BCUT2D eigenvalue weighted by atomic mass is 10.2. The van der Waals surface area contributed by atoms with Crippen LogP contribution >= 0.6 is 17.0 Å². The van der Waals surface area contributed by atoms with Gasteiger partial charge >= 0.3 is 0 Å². The van der Waals surface area contributed by atoms with Crippen LogP contribution in [0.5, 0.6) is 0 Å². The van der Waals surface area contributed by atoms with Crippen molar-refractivity contribution < 1.29 is 0 Å². The fourth-order valence-electron chi connectivity index (χ4n) is 2.65. The third-order valence-electron chi connectivity index (χ3n) is 3.97. The first-order valence-corrected chi connectivity index (χ1v) is 7.93. The van der Waals surface area contributed by atoms with Crippen LogP contribution in [0.1, 0.15) is 5.56 Å². The Balaban J connectivity index is 0.00000208. The van der Waals surface area contributed by atoms with Crippen molar-refractivity contribution >= 4 is 28.8 Å². The molecule has 3 heterocycles. The van der Waals surface area contributed by atoms with Crippen LogP contribution in [0, 0.1) is 0 Å². The van der Waals surface area contributed by atoms with Crippen LogP contribution in [-0.4, -0.2) is 53.6 Å². The minimum absolute atomic E-state index is 0. The van der Waals surface area contributed by atoms with Gasteiger partial charge in [-0.2, -0.15) is 0 Å². The van der Waals surface area contributed by atoms with Crippen molar-refractivity contribution in [2.75, 3.05) is 37.6 Å². The van der Waals surface area contributed by atoms with Crippen molar-refractivity contribution in [2.45, 2.75) is 6.42 Å². The van der Waals surface area contributed by atoms with Crippen molar-refractivity contribution in [1.29, 1.82) is 0 Å². The maximum absolute atomic E-state index is 6.12. The minimum Gasteiger partial charge on any atom is -0.370 e. The molecule has 1 aliphatic rings. The first-order valence-electron chi connectivity index (χ1n) is 7.93. The van der Waals surface area contributed by atoms with Gasteiger partial charge in [0.25, 0.3) is 0 Å². The topological polar surface area (TPSA) is 70.6 Å². The van der Waals surface area contributed by atoms with Gasteiger partial charge in [0, 0.05) is 51.3 Å². The molecule has 0 spiro atoms. The summed E-state index contributed by atoms with van der Waals surface area (Å²) < 4.78 is 0. The average molecular weight is 391 g/mol. The summed E-state index contributed by atoms with van der Waals surface area (Å²) in [7, 11) is 0. The van der Waals surface area contributed by atoms with Gasteiger partial charge < -0.3 is 15.5 Å². The summed E-state index contributed by atoms with van der Waals surface area (Å²) in [6, 6.07) is 10.0. The van der Waals surface area contributed by atoms with Crippen LogP contribution in [0.2, 0.25) is 0 Å². The first kappa shape index (κ1) is 18.2. The van der Waals surface area contributed by atoms with E-state index in [-0.39, 0.29) is 17.0 Å². The number of halogens is 1. The van der Waals surface area contributed by atoms with Gasteiger partial charge in [0.1, 0.15) is 5.82 Å². The lowest BCUT2D eigenvalue weighted by molar-refractivity contribution is 0.379. The third-order valence-corrected chi connectivity index (χ3v) is 3.97. The van der Waals surface area contributed by atoms with E-state index in [4.69, 9.17) is 5.73 Å². The molecule has 1 aliphatic heterocycles. The van der Waals surface area contributed by atoms with Crippen molar-refractivity contribution in [3.8, 4) is 0 Å². The van der Waals surface area contributed by atoms with Crippen molar-refractivity contribution in [2.24, 2.45) is 10.7 Å². The highest BCUT2D eigenvalue weighted by atomic mass is 79.9. The zero-order valence-corrected chi connectivity index (χ0v) is 15.3. The van der Waals surface area contributed by atoms with E-state index in [1.165, 1.54) is 5.56 Å². The maximum Gasteiger partial charge on any atom is 0.191 e. The van der Waals surface area contributed by atoms with Crippen molar-refractivity contribution in [3.05, 3.63) is 54.5 Å². The SMILES string of the molecule is Br.NC(=NCCc1cccnc1)N1CCN(c2ccccn2)CC1. The van der Waals surface area contributed by atoms with Gasteiger partial charge in [-0.1, -0.05) is 12.1 Å². The molecule has 0 aromatic carbocycles. The monoisotopic (exact) mass is 390 g/mol. The van der Waals surface area contributed by atoms with Crippen LogP contribution < -0.4 is 10.6 Å².